The minimum atomic E-state index is -4.51. The Kier molecular flexibility index (Phi) is 2.36. The third-order valence-electron chi connectivity index (χ3n) is 2.61. The number of nitrogens with zero attached hydrogens (tertiary/aromatic N) is 3. The van der Waals surface area contributed by atoms with Crippen molar-refractivity contribution < 1.29 is 18.0 Å². The SMILES string of the molecule is NC(=O)C1CCn2c(nnc2C(F)(F)F)C1. The Hall–Kier alpha value is -1.60. The quantitative estimate of drug-likeness (QED) is 0.761. The van der Waals surface area contributed by atoms with Crippen molar-refractivity contribution in [2.45, 2.75) is 25.6 Å². The van der Waals surface area contributed by atoms with Gasteiger partial charge in [0.05, 0.1) is 0 Å². The molecule has 1 aliphatic rings. The summed E-state index contributed by atoms with van der Waals surface area (Å²) in [6.07, 6.45) is -4.09. The lowest BCUT2D eigenvalue weighted by molar-refractivity contribution is -0.147. The van der Waals surface area contributed by atoms with E-state index in [9.17, 15) is 18.0 Å². The van der Waals surface area contributed by atoms with Crippen LogP contribution in [-0.4, -0.2) is 20.7 Å². The number of hydrogen-bond donors (Lipinski definition) is 1. The van der Waals surface area contributed by atoms with Crippen molar-refractivity contribution in [2.75, 3.05) is 0 Å². The Labute approximate surface area is 88.4 Å². The topological polar surface area (TPSA) is 73.8 Å². The number of amides is 1. The van der Waals surface area contributed by atoms with Crippen molar-refractivity contribution in [1.82, 2.24) is 14.8 Å². The molecule has 0 spiro atoms. The highest BCUT2D eigenvalue weighted by Gasteiger charge is 2.40. The van der Waals surface area contributed by atoms with Gasteiger partial charge in [-0.05, 0) is 6.42 Å². The summed E-state index contributed by atoms with van der Waals surface area (Å²) in [5.41, 5.74) is 5.10. The van der Waals surface area contributed by atoms with Gasteiger partial charge in [0, 0.05) is 18.9 Å². The van der Waals surface area contributed by atoms with Gasteiger partial charge in [0.1, 0.15) is 5.82 Å². The third kappa shape index (κ3) is 1.74. The summed E-state index contributed by atoms with van der Waals surface area (Å²) in [6.45, 7) is 0.0742. The van der Waals surface area contributed by atoms with Gasteiger partial charge in [-0.25, -0.2) is 0 Å². The van der Waals surface area contributed by atoms with Gasteiger partial charge in [-0.3, -0.25) is 4.79 Å². The zero-order valence-electron chi connectivity index (χ0n) is 8.16. The van der Waals surface area contributed by atoms with E-state index in [1.54, 1.807) is 0 Å². The fraction of sp³-hybridized carbons (Fsp3) is 0.625. The second kappa shape index (κ2) is 3.46. The van der Waals surface area contributed by atoms with E-state index in [0.29, 0.717) is 6.42 Å². The number of alkyl halides is 3. The van der Waals surface area contributed by atoms with E-state index in [0.717, 1.165) is 4.57 Å². The van der Waals surface area contributed by atoms with Crippen LogP contribution in [0, 0.1) is 5.92 Å². The van der Waals surface area contributed by atoms with Crippen LogP contribution in [0.1, 0.15) is 18.1 Å². The molecular formula is C8H9F3N4O. The number of carbonyl (C=O) groups is 1. The number of primary amides is 1. The van der Waals surface area contributed by atoms with E-state index < -0.39 is 23.8 Å². The molecule has 1 atom stereocenters. The van der Waals surface area contributed by atoms with Crippen LogP contribution >= 0.6 is 0 Å². The summed E-state index contributed by atoms with van der Waals surface area (Å²) in [5.74, 6) is -1.80. The van der Waals surface area contributed by atoms with Crippen LogP contribution in [0.15, 0.2) is 0 Å². The lowest BCUT2D eigenvalue weighted by atomic mass is 9.97. The van der Waals surface area contributed by atoms with Gasteiger partial charge in [0.2, 0.25) is 11.7 Å². The summed E-state index contributed by atoms with van der Waals surface area (Å²) in [7, 11) is 0. The second-order valence-electron chi connectivity index (χ2n) is 3.68. The Balaban J connectivity index is 2.31. The van der Waals surface area contributed by atoms with Gasteiger partial charge in [-0.1, -0.05) is 0 Å². The number of carbonyl (C=O) groups excluding carboxylic acids is 1. The highest BCUT2D eigenvalue weighted by atomic mass is 19.4. The molecule has 0 radical (unpaired) electrons. The molecule has 1 unspecified atom stereocenters. The minimum Gasteiger partial charge on any atom is -0.369 e. The first-order valence-corrected chi connectivity index (χ1v) is 4.68. The molecule has 1 aliphatic heterocycles. The number of hydrogen-bond acceptors (Lipinski definition) is 3. The summed E-state index contributed by atoms with van der Waals surface area (Å²) in [5, 5.41) is 6.54. The van der Waals surface area contributed by atoms with E-state index in [2.05, 4.69) is 10.2 Å². The predicted molar refractivity (Wildman–Crippen MR) is 46.0 cm³/mol. The van der Waals surface area contributed by atoms with Crippen LogP contribution in [0.3, 0.4) is 0 Å². The normalized spacial score (nSPS) is 20.6. The molecular weight excluding hydrogens is 225 g/mol. The number of fused-ring (bicyclic) bond motifs is 1. The number of nitrogens with two attached hydrogens (primary N) is 1. The molecule has 1 aromatic heterocycles. The van der Waals surface area contributed by atoms with Crippen molar-refractivity contribution >= 4 is 5.91 Å². The van der Waals surface area contributed by atoms with E-state index in [4.69, 9.17) is 5.73 Å². The monoisotopic (exact) mass is 234 g/mol. The van der Waals surface area contributed by atoms with Crippen LogP contribution in [-0.2, 0) is 23.9 Å². The largest absolute Gasteiger partial charge is 0.451 e. The van der Waals surface area contributed by atoms with Gasteiger partial charge >= 0.3 is 6.18 Å². The Morgan fingerprint density at radius 2 is 2.12 bits per heavy atom. The first kappa shape index (κ1) is 10.9. The van der Waals surface area contributed by atoms with Crippen molar-refractivity contribution in [3.8, 4) is 0 Å². The van der Waals surface area contributed by atoms with Crippen molar-refractivity contribution in [3.63, 3.8) is 0 Å². The fourth-order valence-corrected chi connectivity index (χ4v) is 1.78. The van der Waals surface area contributed by atoms with Crippen molar-refractivity contribution in [1.29, 1.82) is 0 Å². The molecule has 2 heterocycles. The van der Waals surface area contributed by atoms with Crippen LogP contribution in [0.2, 0.25) is 0 Å². The number of halogens is 3. The molecule has 5 nitrogen and oxygen atoms in total. The van der Waals surface area contributed by atoms with Crippen LogP contribution < -0.4 is 5.73 Å². The molecule has 8 heteroatoms. The minimum absolute atomic E-state index is 0.0742. The zero-order valence-corrected chi connectivity index (χ0v) is 8.16. The van der Waals surface area contributed by atoms with Gasteiger partial charge in [0.25, 0.3) is 0 Å². The molecule has 16 heavy (non-hydrogen) atoms. The molecule has 2 N–H and O–H groups in total. The van der Waals surface area contributed by atoms with Crippen LogP contribution in [0.5, 0.6) is 0 Å². The molecule has 0 saturated heterocycles. The van der Waals surface area contributed by atoms with Gasteiger partial charge in [-0.2, -0.15) is 13.2 Å². The van der Waals surface area contributed by atoms with Gasteiger partial charge in [0.15, 0.2) is 0 Å². The second-order valence-corrected chi connectivity index (χ2v) is 3.68. The Morgan fingerprint density at radius 1 is 1.44 bits per heavy atom. The smallest absolute Gasteiger partial charge is 0.369 e. The highest BCUT2D eigenvalue weighted by Crippen LogP contribution is 2.30. The van der Waals surface area contributed by atoms with Crippen molar-refractivity contribution in [3.05, 3.63) is 11.6 Å². The first-order valence-electron chi connectivity index (χ1n) is 4.68. The fourth-order valence-electron chi connectivity index (χ4n) is 1.78. The summed E-state index contributed by atoms with van der Waals surface area (Å²) >= 11 is 0. The number of aromatic nitrogens is 3. The molecule has 1 amide bonds. The maximum absolute atomic E-state index is 12.4. The molecule has 88 valence electrons. The summed E-state index contributed by atoms with van der Waals surface area (Å²) in [4.78, 5) is 10.9. The number of rotatable bonds is 1. The molecule has 0 fully saturated rings. The summed E-state index contributed by atoms with van der Waals surface area (Å²) < 4.78 is 38.3. The Morgan fingerprint density at radius 3 is 2.69 bits per heavy atom. The average molecular weight is 234 g/mol. The Bertz CT molecular complexity index is 425. The van der Waals surface area contributed by atoms with Crippen LogP contribution in [0.4, 0.5) is 13.2 Å². The average Bonchev–Trinajstić information content (AvgIpc) is 2.58. The molecule has 2 rings (SSSR count). The molecule has 0 bridgehead atoms. The molecule has 0 saturated carbocycles. The van der Waals surface area contributed by atoms with Gasteiger partial charge < -0.3 is 10.3 Å². The van der Waals surface area contributed by atoms with Crippen LogP contribution in [0.25, 0.3) is 0 Å². The standard InChI is InChI=1S/C8H9F3N4O/c9-8(10,11)7-14-13-5-3-4(6(12)16)1-2-15(5)7/h4H,1-3H2,(H2,12,16). The predicted octanol–water partition coefficient (Wildman–Crippen LogP) is 0.345. The third-order valence-corrected chi connectivity index (χ3v) is 2.61. The lowest BCUT2D eigenvalue weighted by Crippen LogP contribution is -2.32. The first-order chi connectivity index (χ1) is 7.39. The van der Waals surface area contributed by atoms with E-state index >= 15 is 0 Å². The molecule has 1 aromatic rings. The summed E-state index contributed by atoms with van der Waals surface area (Å²) in [6, 6.07) is 0. The van der Waals surface area contributed by atoms with Gasteiger partial charge in [-0.15, -0.1) is 10.2 Å². The van der Waals surface area contributed by atoms with Crippen molar-refractivity contribution in [2.24, 2.45) is 11.7 Å². The maximum Gasteiger partial charge on any atom is 0.451 e. The molecule has 0 aromatic carbocycles. The van der Waals surface area contributed by atoms with E-state index in [1.165, 1.54) is 0 Å². The van der Waals surface area contributed by atoms with E-state index in [1.807, 2.05) is 0 Å². The molecule has 0 aliphatic carbocycles. The zero-order chi connectivity index (χ0) is 11.9. The lowest BCUT2D eigenvalue weighted by Gasteiger charge is -2.21. The van der Waals surface area contributed by atoms with E-state index in [-0.39, 0.29) is 18.8 Å². The highest BCUT2D eigenvalue weighted by molar-refractivity contribution is 5.76. The maximum atomic E-state index is 12.4.